The van der Waals surface area contributed by atoms with E-state index in [4.69, 9.17) is 0 Å². The normalized spacial score (nSPS) is 15.7. The lowest BCUT2D eigenvalue weighted by atomic mass is 10.0. The Kier molecular flexibility index (Phi) is 8.45. The van der Waals surface area contributed by atoms with Crippen LogP contribution in [-0.4, -0.2) is 51.5 Å². The van der Waals surface area contributed by atoms with Crippen LogP contribution in [0, 0.1) is 6.92 Å². The van der Waals surface area contributed by atoms with E-state index >= 15 is 0 Å². The fourth-order valence-corrected chi connectivity index (χ4v) is 4.00. The molecular weight excluding hydrogens is 374 g/mol. The maximum absolute atomic E-state index is 13.3. The average molecular weight is 406 g/mol. The molecule has 1 saturated heterocycles. The molecule has 1 aromatic carbocycles. The third-order valence-corrected chi connectivity index (χ3v) is 5.61. The van der Waals surface area contributed by atoms with Crippen molar-refractivity contribution in [1.29, 1.82) is 0 Å². The first-order valence-corrected chi connectivity index (χ1v) is 10.1. The summed E-state index contributed by atoms with van der Waals surface area (Å²) in [6.45, 7) is 8.80. The second-order valence-corrected chi connectivity index (χ2v) is 7.29. The Morgan fingerprint density at radius 1 is 1.25 bits per heavy atom. The van der Waals surface area contributed by atoms with Gasteiger partial charge < -0.3 is 10.2 Å². The van der Waals surface area contributed by atoms with Crippen molar-refractivity contribution in [3.8, 4) is 0 Å². The van der Waals surface area contributed by atoms with E-state index < -0.39 is 0 Å². The van der Waals surface area contributed by atoms with E-state index in [9.17, 15) is 4.79 Å². The van der Waals surface area contributed by atoms with Crippen LogP contribution in [0.25, 0.3) is 0 Å². The van der Waals surface area contributed by atoms with Gasteiger partial charge in [0, 0.05) is 12.6 Å². The minimum atomic E-state index is -0.00188. The van der Waals surface area contributed by atoms with Crippen LogP contribution in [0.1, 0.15) is 60.9 Å². The highest BCUT2D eigenvalue weighted by Gasteiger charge is 2.28. The predicted molar refractivity (Wildman–Crippen MR) is 114 cm³/mol. The van der Waals surface area contributed by atoms with Gasteiger partial charge in [-0.05, 0) is 58.2 Å². The van der Waals surface area contributed by atoms with Crippen molar-refractivity contribution in [2.24, 2.45) is 0 Å². The minimum Gasteiger partial charge on any atom is -0.334 e. The van der Waals surface area contributed by atoms with Gasteiger partial charge in [0.15, 0.2) is 5.69 Å². The van der Waals surface area contributed by atoms with Crippen LogP contribution in [0.3, 0.4) is 0 Å². The zero-order valence-corrected chi connectivity index (χ0v) is 17.9. The summed E-state index contributed by atoms with van der Waals surface area (Å²) in [5, 5.41) is 12.0. The molecule has 1 N–H and O–H groups in total. The van der Waals surface area contributed by atoms with E-state index in [1.807, 2.05) is 29.5 Å². The molecule has 2 aromatic rings. The highest BCUT2D eigenvalue weighted by Crippen LogP contribution is 2.22. The topological polar surface area (TPSA) is 63.1 Å². The van der Waals surface area contributed by atoms with Crippen LogP contribution in [0.4, 0.5) is 0 Å². The summed E-state index contributed by atoms with van der Waals surface area (Å²) < 4.78 is 1.96. The van der Waals surface area contributed by atoms with Gasteiger partial charge in [-0.3, -0.25) is 4.79 Å². The molecule has 1 amide bonds. The van der Waals surface area contributed by atoms with E-state index in [0.717, 1.165) is 44.5 Å². The molecule has 6 nitrogen and oxygen atoms in total. The Hall–Kier alpha value is -1.92. The fourth-order valence-electron chi connectivity index (χ4n) is 4.00. The monoisotopic (exact) mass is 405 g/mol. The average Bonchev–Trinajstić information content (AvgIpc) is 3.10. The molecule has 7 heteroatoms. The van der Waals surface area contributed by atoms with Gasteiger partial charge in [-0.2, -0.15) is 0 Å². The maximum atomic E-state index is 13.3. The molecule has 28 heavy (non-hydrogen) atoms. The number of benzene rings is 1. The van der Waals surface area contributed by atoms with Gasteiger partial charge in [0.05, 0.1) is 11.7 Å². The molecular formula is C21H32ClN5O. The van der Waals surface area contributed by atoms with E-state index in [0.29, 0.717) is 18.3 Å². The molecule has 0 saturated carbocycles. The second kappa shape index (κ2) is 10.6. The summed E-state index contributed by atoms with van der Waals surface area (Å²) in [4.78, 5) is 15.2. The number of nitrogens with one attached hydrogen (secondary N) is 1. The van der Waals surface area contributed by atoms with Gasteiger partial charge in [-0.25, -0.2) is 4.68 Å². The number of halogens is 1. The molecule has 1 unspecified atom stereocenters. The summed E-state index contributed by atoms with van der Waals surface area (Å²) in [7, 11) is 0. The van der Waals surface area contributed by atoms with E-state index in [1.165, 1.54) is 5.56 Å². The van der Waals surface area contributed by atoms with Crippen molar-refractivity contribution in [2.45, 2.75) is 58.5 Å². The number of piperidine rings is 1. The van der Waals surface area contributed by atoms with Gasteiger partial charge in [0.1, 0.15) is 0 Å². The number of rotatable bonds is 7. The number of hydrogen-bond acceptors (Lipinski definition) is 4. The Labute approximate surface area is 174 Å². The molecule has 1 atom stereocenters. The maximum Gasteiger partial charge on any atom is 0.276 e. The lowest BCUT2D eigenvalue weighted by Gasteiger charge is -2.30. The summed E-state index contributed by atoms with van der Waals surface area (Å²) >= 11 is 0. The summed E-state index contributed by atoms with van der Waals surface area (Å²) in [5.41, 5.74) is 2.65. The third kappa shape index (κ3) is 4.92. The lowest BCUT2D eigenvalue weighted by molar-refractivity contribution is 0.0677. The number of hydrogen-bond donors (Lipinski definition) is 1. The summed E-state index contributed by atoms with van der Waals surface area (Å²) in [6, 6.07) is 10.9. The molecule has 1 aliphatic rings. The van der Waals surface area contributed by atoms with Gasteiger partial charge in [-0.1, -0.05) is 42.5 Å². The van der Waals surface area contributed by atoms with Crippen LogP contribution in [0.2, 0.25) is 0 Å². The number of nitrogens with zero attached hydrogens (tertiary/aromatic N) is 4. The molecule has 0 radical (unpaired) electrons. The quantitative estimate of drug-likeness (QED) is 0.766. The van der Waals surface area contributed by atoms with Crippen LogP contribution < -0.4 is 5.32 Å². The first-order valence-electron chi connectivity index (χ1n) is 10.1. The Morgan fingerprint density at radius 2 is 1.93 bits per heavy atom. The molecule has 0 spiro atoms. The van der Waals surface area contributed by atoms with Crippen LogP contribution >= 0.6 is 12.4 Å². The number of carbonyl (C=O) groups is 1. The van der Waals surface area contributed by atoms with Crippen molar-refractivity contribution < 1.29 is 4.79 Å². The number of carbonyl (C=O) groups excluding carboxylic acids is 1. The second-order valence-electron chi connectivity index (χ2n) is 7.29. The third-order valence-electron chi connectivity index (χ3n) is 5.61. The van der Waals surface area contributed by atoms with Crippen molar-refractivity contribution in [3.63, 3.8) is 0 Å². The van der Waals surface area contributed by atoms with Gasteiger partial charge in [-0.15, -0.1) is 17.5 Å². The smallest absolute Gasteiger partial charge is 0.276 e. The van der Waals surface area contributed by atoms with Crippen molar-refractivity contribution in [3.05, 3.63) is 47.3 Å². The zero-order valence-electron chi connectivity index (χ0n) is 17.1. The van der Waals surface area contributed by atoms with Crippen LogP contribution in [0.15, 0.2) is 30.3 Å². The molecule has 1 aliphatic heterocycles. The van der Waals surface area contributed by atoms with Gasteiger partial charge in [0.2, 0.25) is 0 Å². The highest BCUT2D eigenvalue weighted by molar-refractivity contribution is 5.93. The SMILES string of the molecule is CCC(Cc1ccccc1)N(CC)C(=O)c1nnn(C2CCNCC2)c1C.Cl. The van der Waals surface area contributed by atoms with Gasteiger partial charge in [0.25, 0.3) is 5.91 Å². The number of aromatic nitrogens is 3. The Balaban J connectivity index is 0.00000280. The standard InChI is InChI=1S/C21H31N5O.ClH/c1-4-18(15-17-9-7-6-8-10-17)25(5-2)21(27)20-16(3)26(24-23-20)19-11-13-22-14-12-19;/h6-10,18-19,22H,4-5,11-15H2,1-3H3;1H. The molecule has 154 valence electrons. The van der Waals surface area contributed by atoms with Crippen molar-refractivity contribution in [2.75, 3.05) is 19.6 Å². The van der Waals surface area contributed by atoms with Crippen LogP contribution in [0.5, 0.6) is 0 Å². The molecule has 2 heterocycles. The van der Waals surface area contributed by atoms with Gasteiger partial charge >= 0.3 is 0 Å². The first kappa shape index (κ1) is 22.4. The number of amides is 1. The van der Waals surface area contributed by atoms with Crippen molar-refractivity contribution in [1.82, 2.24) is 25.2 Å². The van der Waals surface area contributed by atoms with E-state index in [-0.39, 0.29) is 24.4 Å². The predicted octanol–water partition coefficient (Wildman–Crippen LogP) is 3.42. The summed E-state index contributed by atoms with van der Waals surface area (Å²) in [6.07, 6.45) is 3.83. The largest absolute Gasteiger partial charge is 0.334 e. The Bertz CT molecular complexity index is 743. The molecule has 1 fully saturated rings. The van der Waals surface area contributed by atoms with E-state index in [1.54, 1.807) is 0 Å². The lowest BCUT2D eigenvalue weighted by Crippen LogP contribution is -2.41. The number of likely N-dealkylation sites (N-methyl/N-ethyl adjacent to an activating group) is 1. The first-order chi connectivity index (χ1) is 13.2. The fraction of sp³-hybridized carbons (Fsp3) is 0.571. The van der Waals surface area contributed by atoms with E-state index in [2.05, 4.69) is 46.8 Å². The Morgan fingerprint density at radius 3 is 2.54 bits per heavy atom. The molecule has 0 aliphatic carbocycles. The molecule has 1 aromatic heterocycles. The highest BCUT2D eigenvalue weighted by atomic mass is 35.5. The van der Waals surface area contributed by atoms with Crippen LogP contribution in [-0.2, 0) is 6.42 Å². The minimum absolute atomic E-state index is 0. The summed E-state index contributed by atoms with van der Waals surface area (Å²) in [5.74, 6) is -0.00188. The molecule has 0 bridgehead atoms. The molecule has 3 rings (SSSR count). The zero-order chi connectivity index (χ0) is 19.2. The van der Waals surface area contributed by atoms with Crippen molar-refractivity contribution >= 4 is 18.3 Å².